The Balaban J connectivity index is 0.00000364. The van der Waals surface area contributed by atoms with Gasteiger partial charge in [0.2, 0.25) is 0 Å². The third-order valence-corrected chi connectivity index (χ3v) is 7.25. The predicted molar refractivity (Wildman–Crippen MR) is 122 cm³/mol. The second kappa shape index (κ2) is 9.94. The minimum atomic E-state index is -3.14. The zero-order valence-electron chi connectivity index (χ0n) is 16.9. The Kier molecular flexibility index (Phi) is 8.84. The largest absolute Gasteiger partial charge is 0.367 e. The van der Waals surface area contributed by atoms with Crippen LogP contribution in [0, 0.1) is 0 Å². The molecule has 0 amide bonds. The molecule has 1 aliphatic heterocycles. The Morgan fingerprint density at radius 2 is 2.11 bits per heavy atom. The highest BCUT2D eigenvalue weighted by atomic mass is 127. The monoisotopic (exact) mass is 512 g/mol. The third kappa shape index (κ3) is 6.81. The van der Waals surface area contributed by atoms with E-state index in [1.807, 2.05) is 24.1 Å². The Bertz CT molecular complexity index is 726. The molecule has 0 radical (unpaired) electrons. The number of anilines is 1. The maximum atomic E-state index is 12.2. The number of aromatic nitrogens is 2. The summed E-state index contributed by atoms with van der Waals surface area (Å²) in [5.41, 5.74) is 1.12. The van der Waals surface area contributed by atoms with Gasteiger partial charge >= 0.3 is 0 Å². The molecule has 1 unspecified atom stereocenters. The molecule has 1 aromatic rings. The number of hydrogen-bond acceptors (Lipinski definition) is 5. The summed E-state index contributed by atoms with van der Waals surface area (Å²) in [6.45, 7) is 7.41. The van der Waals surface area contributed by atoms with Crippen LogP contribution in [0.1, 0.15) is 33.6 Å². The molecule has 10 heteroatoms. The fourth-order valence-electron chi connectivity index (χ4n) is 2.90. The Morgan fingerprint density at radius 3 is 2.67 bits per heavy atom. The zero-order chi connectivity index (χ0) is 19.4. The van der Waals surface area contributed by atoms with Gasteiger partial charge < -0.3 is 15.5 Å². The lowest BCUT2D eigenvalue weighted by Gasteiger charge is -2.34. The third-order valence-electron chi connectivity index (χ3n) is 4.64. The van der Waals surface area contributed by atoms with Gasteiger partial charge in [-0.05, 0) is 33.6 Å². The molecule has 1 saturated heterocycles. The van der Waals surface area contributed by atoms with Crippen LogP contribution in [0.25, 0.3) is 0 Å². The molecule has 1 fully saturated rings. The van der Waals surface area contributed by atoms with E-state index in [0.717, 1.165) is 31.6 Å². The highest BCUT2D eigenvalue weighted by molar-refractivity contribution is 14.0. The second-order valence-corrected chi connectivity index (χ2v) is 10.6. The van der Waals surface area contributed by atoms with Crippen LogP contribution in [0.5, 0.6) is 0 Å². The average Bonchev–Trinajstić information content (AvgIpc) is 2.99. The standard InChI is InChI=1S/C17H32N6O2S.HI/c1-17(2,3)26(24,25)10-8-19-16(18-4)21-14-7-6-9-23(12-14)15-11-20-22(5)13-15;/h11,13-14H,6-10,12H2,1-5H3,(H2,18,19,21);1H. The van der Waals surface area contributed by atoms with Crippen molar-refractivity contribution in [1.29, 1.82) is 0 Å². The molecule has 1 aromatic heterocycles. The number of hydrogen-bond donors (Lipinski definition) is 2. The first-order chi connectivity index (χ1) is 12.1. The number of halogens is 1. The molecular formula is C17H33IN6O2S. The molecule has 27 heavy (non-hydrogen) atoms. The summed E-state index contributed by atoms with van der Waals surface area (Å²) >= 11 is 0. The minimum absolute atomic E-state index is 0. The number of sulfone groups is 1. The van der Waals surface area contributed by atoms with Crippen molar-refractivity contribution in [2.75, 3.05) is 37.3 Å². The number of piperidine rings is 1. The first-order valence-corrected chi connectivity index (χ1v) is 10.7. The van der Waals surface area contributed by atoms with E-state index in [0.29, 0.717) is 12.5 Å². The van der Waals surface area contributed by atoms with Gasteiger partial charge in [0.15, 0.2) is 15.8 Å². The summed E-state index contributed by atoms with van der Waals surface area (Å²) in [6, 6.07) is 0.259. The molecule has 0 bridgehead atoms. The van der Waals surface area contributed by atoms with E-state index in [4.69, 9.17) is 0 Å². The van der Waals surface area contributed by atoms with Gasteiger partial charge in [0, 0.05) is 46.0 Å². The maximum Gasteiger partial charge on any atom is 0.191 e. The summed E-state index contributed by atoms with van der Waals surface area (Å²) in [7, 11) is 0.481. The van der Waals surface area contributed by atoms with Crippen LogP contribution in [-0.4, -0.2) is 67.4 Å². The number of aliphatic imine (C=N–C) groups is 1. The van der Waals surface area contributed by atoms with Gasteiger partial charge in [-0.15, -0.1) is 24.0 Å². The number of nitrogens with one attached hydrogen (secondary N) is 2. The van der Waals surface area contributed by atoms with E-state index >= 15 is 0 Å². The summed E-state index contributed by atoms with van der Waals surface area (Å²) in [5.74, 6) is 0.732. The highest BCUT2D eigenvalue weighted by Gasteiger charge is 2.28. The van der Waals surface area contributed by atoms with Gasteiger partial charge in [-0.3, -0.25) is 9.67 Å². The van der Waals surface area contributed by atoms with Gasteiger partial charge in [-0.1, -0.05) is 0 Å². The molecule has 0 spiro atoms. The minimum Gasteiger partial charge on any atom is -0.367 e. The topological polar surface area (TPSA) is 91.6 Å². The highest BCUT2D eigenvalue weighted by Crippen LogP contribution is 2.19. The van der Waals surface area contributed by atoms with Crippen LogP contribution in [0.4, 0.5) is 5.69 Å². The molecule has 0 aliphatic carbocycles. The van der Waals surface area contributed by atoms with E-state index in [9.17, 15) is 8.42 Å². The van der Waals surface area contributed by atoms with Gasteiger partial charge in [-0.2, -0.15) is 5.10 Å². The summed E-state index contributed by atoms with van der Waals surface area (Å²) in [5, 5.41) is 10.8. The number of rotatable bonds is 5. The molecule has 0 aromatic carbocycles. The SMILES string of the molecule is CN=C(NCCS(=O)(=O)C(C)(C)C)NC1CCCN(c2cnn(C)c2)C1.I. The zero-order valence-corrected chi connectivity index (χ0v) is 20.0. The van der Waals surface area contributed by atoms with Crippen molar-refractivity contribution in [2.24, 2.45) is 12.0 Å². The predicted octanol–water partition coefficient (Wildman–Crippen LogP) is 1.39. The van der Waals surface area contributed by atoms with Crippen molar-refractivity contribution in [3.63, 3.8) is 0 Å². The molecule has 2 rings (SSSR count). The molecule has 0 saturated carbocycles. The number of aryl methyl sites for hydroxylation is 1. The Hall–Kier alpha value is -1.04. The van der Waals surface area contributed by atoms with E-state index in [1.165, 1.54) is 0 Å². The lowest BCUT2D eigenvalue weighted by atomic mass is 10.1. The maximum absolute atomic E-state index is 12.2. The molecule has 1 atom stereocenters. The summed E-state index contributed by atoms with van der Waals surface area (Å²) in [4.78, 5) is 6.54. The number of nitrogens with zero attached hydrogens (tertiary/aromatic N) is 4. The quantitative estimate of drug-likeness (QED) is 0.352. The first-order valence-electron chi connectivity index (χ1n) is 9.05. The van der Waals surface area contributed by atoms with Gasteiger partial charge in [0.1, 0.15) is 0 Å². The van der Waals surface area contributed by atoms with Crippen LogP contribution in [0.3, 0.4) is 0 Å². The molecule has 1 aliphatic rings. The fourth-order valence-corrected chi connectivity index (χ4v) is 3.88. The van der Waals surface area contributed by atoms with Gasteiger partial charge in [-0.25, -0.2) is 8.42 Å². The Morgan fingerprint density at radius 1 is 1.41 bits per heavy atom. The molecule has 2 N–H and O–H groups in total. The normalized spacial score (nSPS) is 18.8. The van der Waals surface area contributed by atoms with E-state index < -0.39 is 14.6 Å². The average molecular weight is 512 g/mol. The molecule has 8 nitrogen and oxygen atoms in total. The van der Waals surface area contributed by atoms with Gasteiger partial charge in [0.25, 0.3) is 0 Å². The van der Waals surface area contributed by atoms with E-state index in [2.05, 4.69) is 25.6 Å². The van der Waals surface area contributed by atoms with Crippen LogP contribution >= 0.6 is 24.0 Å². The smallest absolute Gasteiger partial charge is 0.191 e. The fraction of sp³-hybridized carbons (Fsp3) is 0.765. The second-order valence-electron chi connectivity index (χ2n) is 7.73. The first kappa shape index (κ1) is 24.0. The summed E-state index contributed by atoms with van der Waals surface area (Å²) < 4.78 is 25.5. The van der Waals surface area contributed by atoms with Crippen LogP contribution in [0.2, 0.25) is 0 Å². The van der Waals surface area contributed by atoms with Crippen molar-refractivity contribution >= 4 is 45.5 Å². The molecule has 156 valence electrons. The van der Waals surface area contributed by atoms with Crippen molar-refractivity contribution in [2.45, 2.75) is 44.4 Å². The van der Waals surface area contributed by atoms with E-state index in [1.54, 1.807) is 27.8 Å². The van der Waals surface area contributed by atoms with E-state index in [-0.39, 0.29) is 35.8 Å². The van der Waals surface area contributed by atoms with Gasteiger partial charge in [0.05, 0.1) is 22.4 Å². The van der Waals surface area contributed by atoms with Crippen molar-refractivity contribution in [3.05, 3.63) is 12.4 Å². The lowest BCUT2D eigenvalue weighted by molar-refractivity contribution is 0.468. The van der Waals surface area contributed by atoms with Crippen molar-refractivity contribution in [3.8, 4) is 0 Å². The summed E-state index contributed by atoms with van der Waals surface area (Å²) in [6.07, 6.45) is 6.04. The Labute approximate surface area is 180 Å². The van der Waals surface area contributed by atoms with Crippen LogP contribution < -0.4 is 15.5 Å². The molecular weight excluding hydrogens is 479 g/mol. The van der Waals surface area contributed by atoms with Crippen molar-refractivity contribution < 1.29 is 8.42 Å². The van der Waals surface area contributed by atoms with Crippen LogP contribution in [-0.2, 0) is 16.9 Å². The van der Waals surface area contributed by atoms with Crippen LogP contribution in [0.15, 0.2) is 17.4 Å². The number of guanidine groups is 1. The lowest BCUT2D eigenvalue weighted by Crippen LogP contribution is -2.52. The van der Waals surface area contributed by atoms with Crippen molar-refractivity contribution in [1.82, 2.24) is 20.4 Å². The molecule has 2 heterocycles.